The van der Waals surface area contributed by atoms with E-state index >= 15 is 0 Å². The predicted molar refractivity (Wildman–Crippen MR) is 41.2 cm³/mol. The summed E-state index contributed by atoms with van der Waals surface area (Å²) in [7, 11) is 0. The van der Waals surface area contributed by atoms with E-state index in [-0.39, 0.29) is 0 Å². The fraction of sp³-hybridized carbons (Fsp3) is 0.833. The first-order valence-corrected chi connectivity index (χ1v) is 4.41. The van der Waals surface area contributed by atoms with Crippen LogP contribution in [0.3, 0.4) is 0 Å². The second-order valence-electron chi connectivity index (χ2n) is 2.28. The van der Waals surface area contributed by atoms with Crippen molar-refractivity contribution < 1.29 is 10.2 Å². The van der Waals surface area contributed by atoms with E-state index in [4.69, 9.17) is 0 Å². The molecule has 1 aliphatic heterocycles. The Labute approximate surface area is 65.0 Å². The molecule has 0 spiro atoms. The van der Waals surface area contributed by atoms with Crippen LogP contribution in [0.4, 0.5) is 0 Å². The van der Waals surface area contributed by atoms with Crippen molar-refractivity contribution in [3.8, 4) is 0 Å². The third kappa shape index (κ3) is 1.63. The molecule has 10 heavy (non-hydrogen) atoms. The summed E-state index contributed by atoms with van der Waals surface area (Å²) in [5.41, 5.74) is 0. The summed E-state index contributed by atoms with van der Waals surface area (Å²) in [6.45, 7) is 4.23. The lowest BCUT2D eigenvalue weighted by atomic mass is 10.4. The Balaban J connectivity index is 2.51. The highest BCUT2D eigenvalue weighted by atomic mass is 32.2. The van der Waals surface area contributed by atoms with E-state index in [9.17, 15) is 10.2 Å². The van der Waals surface area contributed by atoms with Crippen molar-refractivity contribution in [2.45, 2.75) is 12.8 Å². The molecule has 3 nitrogen and oxygen atoms in total. The van der Waals surface area contributed by atoms with Crippen molar-refractivity contribution in [1.29, 1.82) is 0 Å². The minimum absolute atomic E-state index is 0.372. The van der Waals surface area contributed by atoms with Gasteiger partial charge in [0.05, 0.1) is 5.75 Å². The Kier molecular flexibility index (Phi) is 2.57. The Bertz CT molecular complexity index is 118. The average molecular weight is 162 g/mol. The van der Waals surface area contributed by atoms with Gasteiger partial charge in [0.2, 0.25) is 5.91 Å². The Morgan fingerprint density at radius 1 is 1.60 bits per heavy atom. The normalized spacial score (nSPS) is 26.7. The quantitative estimate of drug-likeness (QED) is 0.526. The second kappa shape index (κ2) is 3.09. The molecule has 0 unspecified atom stereocenters. The molecule has 1 radical (unpaired) electrons. The molecule has 0 saturated carbocycles. The lowest BCUT2D eigenvalue weighted by Gasteiger charge is -2.37. The summed E-state index contributed by atoms with van der Waals surface area (Å²) in [6.07, 6.45) is 0. The van der Waals surface area contributed by atoms with Crippen LogP contribution in [0.5, 0.6) is 0 Å². The highest BCUT2D eigenvalue weighted by molar-refractivity contribution is 7.99. The second-order valence-corrected chi connectivity index (χ2v) is 3.38. The summed E-state index contributed by atoms with van der Waals surface area (Å²) >= 11 is 1.56. The smallest absolute Gasteiger partial charge is 0.234 e. The van der Waals surface area contributed by atoms with E-state index in [2.05, 4.69) is 0 Å². The maximum Gasteiger partial charge on any atom is 0.234 e. The zero-order valence-corrected chi connectivity index (χ0v) is 6.77. The summed E-state index contributed by atoms with van der Waals surface area (Å²) in [5.74, 6) is -0.276. The van der Waals surface area contributed by atoms with Gasteiger partial charge < -0.3 is 10.2 Å². The van der Waals surface area contributed by atoms with Crippen LogP contribution in [0.15, 0.2) is 0 Å². The number of nitrogens with zero attached hydrogens (tertiary/aromatic N) is 1. The van der Waals surface area contributed by atoms with Crippen molar-refractivity contribution in [2.24, 2.45) is 0 Å². The largest absolute Gasteiger partial charge is 0.353 e. The van der Waals surface area contributed by atoms with Crippen molar-refractivity contribution in [3.63, 3.8) is 0 Å². The van der Waals surface area contributed by atoms with Gasteiger partial charge in [0.1, 0.15) is 0 Å². The lowest BCUT2D eigenvalue weighted by molar-refractivity contribution is -0.236. The molecule has 59 valence electrons. The monoisotopic (exact) mass is 162 g/mol. The van der Waals surface area contributed by atoms with E-state index in [1.807, 2.05) is 0 Å². The van der Waals surface area contributed by atoms with Crippen LogP contribution in [0.1, 0.15) is 6.92 Å². The molecule has 4 heteroatoms. The van der Waals surface area contributed by atoms with Crippen LogP contribution in [0, 0.1) is 6.54 Å². The van der Waals surface area contributed by atoms with Gasteiger partial charge >= 0.3 is 0 Å². The molecule has 1 fully saturated rings. The van der Waals surface area contributed by atoms with Gasteiger partial charge in [-0.25, -0.2) is 4.90 Å². The van der Waals surface area contributed by atoms with Crippen LogP contribution in [0.2, 0.25) is 0 Å². The summed E-state index contributed by atoms with van der Waals surface area (Å²) < 4.78 is 0. The van der Waals surface area contributed by atoms with E-state index in [0.717, 1.165) is 5.75 Å². The van der Waals surface area contributed by atoms with Crippen LogP contribution in [-0.4, -0.2) is 39.1 Å². The van der Waals surface area contributed by atoms with Gasteiger partial charge in [0, 0.05) is 18.8 Å². The molecule has 0 aromatic carbocycles. The van der Waals surface area contributed by atoms with Gasteiger partial charge in [-0.1, -0.05) is 0 Å². The topological polar surface area (TPSA) is 43.7 Å². The maximum absolute atomic E-state index is 9.26. The molecular formula is C6H12NO2S. The maximum atomic E-state index is 9.26. The van der Waals surface area contributed by atoms with Crippen molar-refractivity contribution in [1.82, 2.24) is 4.90 Å². The summed E-state index contributed by atoms with van der Waals surface area (Å²) in [4.78, 5) is 1.55. The molecule has 1 rings (SSSR count). The summed E-state index contributed by atoms with van der Waals surface area (Å²) in [6, 6.07) is 0. The Morgan fingerprint density at radius 2 is 2.30 bits per heavy atom. The van der Waals surface area contributed by atoms with Gasteiger partial charge in [-0.2, -0.15) is 11.8 Å². The van der Waals surface area contributed by atoms with Gasteiger partial charge in [-0.05, 0) is 6.92 Å². The van der Waals surface area contributed by atoms with E-state index in [1.165, 1.54) is 0 Å². The Morgan fingerprint density at radius 3 is 2.70 bits per heavy atom. The van der Waals surface area contributed by atoms with E-state index in [0.29, 0.717) is 12.3 Å². The molecule has 1 heterocycles. The van der Waals surface area contributed by atoms with Crippen molar-refractivity contribution >= 4 is 11.8 Å². The molecule has 0 aromatic heterocycles. The van der Waals surface area contributed by atoms with Gasteiger partial charge in [0.15, 0.2) is 0 Å². The van der Waals surface area contributed by atoms with Crippen LogP contribution in [-0.2, 0) is 0 Å². The number of thioether (sulfide) groups is 1. The number of aliphatic hydroxyl groups is 2. The van der Waals surface area contributed by atoms with Crippen LogP contribution >= 0.6 is 11.8 Å². The first-order valence-electron chi connectivity index (χ1n) is 3.25. The minimum atomic E-state index is -1.61. The third-order valence-electron chi connectivity index (χ3n) is 1.54. The molecule has 0 aromatic rings. The third-order valence-corrected chi connectivity index (χ3v) is 2.61. The molecule has 0 amide bonds. The molecule has 1 saturated heterocycles. The molecule has 1 aliphatic rings. The average Bonchev–Trinajstić information content (AvgIpc) is 1.87. The van der Waals surface area contributed by atoms with Crippen LogP contribution < -0.4 is 0 Å². The molecule has 0 bridgehead atoms. The minimum Gasteiger partial charge on any atom is -0.353 e. The Hall–Kier alpha value is 0.230. The highest BCUT2D eigenvalue weighted by Crippen LogP contribution is 2.22. The lowest BCUT2D eigenvalue weighted by Crippen LogP contribution is -2.52. The molecule has 2 N–H and O–H groups in total. The van der Waals surface area contributed by atoms with Crippen molar-refractivity contribution in [3.05, 3.63) is 6.54 Å². The fourth-order valence-corrected chi connectivity index (χ4v) is 1.88. The van der Waals surface area contributed by atoms with Gasteiger partial charge in [0.25, 0.3) is 0 Å². The molecular weight excluding hydrogens is 150 g/mol. The fourth-order valence-electron chi connectivity index (χ4n) is 0.970. The van der Waals surface area contributed by atoms with E-state index in [1.54, 1.807) is 30.1 Å². The van der Waals surface area contributed by atoms with Gasteiger partial charge in [-0.3, -0.25) is 0 Å². The van der Waals surface area contributed by atoms with Crippen molar-refractivity contribution in [2.75, 3.05) is 18.1 Å². The zero-order valence-electron chi connectivity index (χ0n) is 5.95. The number of hydrogen-bond donors (Lipinski definition) is 2. The SMILES string of the molecule is C[CH]N1CCSCC1(O)O. The predicted octanol–water partition coefficient (Wildman–Crippen LogP) is -0.145. The number of hydrogen-bond acceptors (Lipinski definition) is 4. The van der Waals surface area contributed by atoms with E-state index < -0.39 is 5.91 Å². The standard InChI is InChI=1S/C6H12NO2S/c1-2-7-3-4-10-5-6(7,8)9/h2,8-9H,3-5H2,1H3. The highest BCUT2D eigenvalue weighted by Gasteiger charge is 2.33. The van der Waals surface area contributed by atoms with Crippen LogP contribution in [0.25, 0.3) is 0 Å². The zero-order chi connectivity index (χ0) is 7.61. The molecule has 0 atom stereocenters. The molecule has 0 aliphatic carbocycles. The number of rotatable bonds is 1. The summed E-state index contributed by atoms with van der Waals surface area (Å²) in [5, 5.41) is 18.5. The first-order chi connectivity index (χ1) is 4.67. The first kappa shape index (κ1) is 8.33. The van der Waals surface area contributed by atoms with Gasteiger partial charge in [-0.15, -0.1) is 0 Å².